The van der Waals surface area contributed by atoms with E-state index >= 15 is 0 Å². The molecule has 6 nitrogen and oxygen atoms in total. The molecule has 2 N–H and O–H groups in total. The number of sulfonamides is 1. The molecular weight excluding hydrogens is 290 g/mol. The first-order valence-electron chi connectivity index (χ1n) is 6.64. The molecule has 2 aromatic rings. The van der Waals surface area contributed by atoms with E-state index in [1.807, 2.05) is 13.8 Å². The van der Waals surface area contributed by atoms with Gasteiger partial charge < -0.3 is 5.11 Å². The first-order chi connectivity index (χ1) is 9.79. The predicted molar refractivity (Wildman–Crippen MR) is 80.5 cm³/mol. The lowest BCUT2D eigenvalue weighted by atomic mass is 10.1. The molecule has 1 atom stereocenters. The number of aliphatic hydroxyl groups is 1. The monoisotopic (exact) mass is 309 g/mol. The Kier molecular flexibility index (Phi) is 4.34. The summed E-state index contributed by atoms with van der Waals surface area (Å²) in [7, 11) is -3.65. The third kappa shape index (κ3) is 3.62. The number of aliphatic hydroxyl groups excluding tert-OH is 1. The first kappa shape index (κ1) is 15.5. The Labute approximate surface area is 124 Å². The summed E-state index contributed by atoms with van der Waals surface area (Å²) in [4.78, 5) is 0.143. The van der Waals surface area contributed by atoms with Crippen LogP contribution in [0.4, 0.5) is 5.69 Å². The molecule has 1 aromatic carbocycles. The minimum Gasteiger partial charge on any atom is -0.389 e. The lowest BCUT2D eigenvalue weighted by Gasteiger charge is -2.08. The van der Waals surface area contributed by atoms with E-state index in [1.54, 1.807) is 29.9 Å². The number of hydrogen-bond donors (Lipinski definition) is 2. The molecule has 0 aliphatic heterocycles. The third-order valence-corrected chi connectivity index (χ3v) is 4.45. The summed E-state index contributed by atoms with van der Waals surface area (Å²) >= 11 is 0. The number of anilines is 1. The standard InChI is InChI=1S/C14H19N3O3S/c1-10(2)17-9-13(8-15-17)16-21(19,20)14-6-4-12(5-7-14)11(3)18/h4-11,16,18H,1-3H3. The Morgan fingerprint density at radius 2 is 1.81 bits per heavy atom. The summed E-state index contributed by atoms with van der Waals surface area (Å²) in [6.45, 7) is 5.54. The second-order valence-corrected chi connectivity index (χ2v) is 6.84. The summed E-state index contributed by atoms with van der Waals surface area (Å²) in [5, 5.41) is 13.5. The van der Waals surface area contributed by atoms with Crippen LogP contribution in [0.1, 0.15) is 38.5 Å². The zero-order chi connectivity index (χ0) is 15.6. The smallest absolute Gasteiger partial charge is 0.261 e. The highest BCUT2D eigenvalue weighted by molar-refractivity contribution is 7.92. The van der Waals surface area contributed by atoms with Gasteiger partial charge in [0.05, 0.1) is 22.9 Å². The van der Waals surface area contributed by atoms with Crippen molar-refractivity contribution in [2.45, 2.75) is 37.8 Å². The van der Waals surface area contributed by atoms with Gasteiger partial charge in [-0.1, -0.05) is 12.1 Å². The molecule has 0 fully saturated rings. The van der Waals surface area contributed by atoms with Gasteiger partial charge in [-0.25, -0.2) is 8.42 Å². The van der Waals surface area contributed by atoms with Crippen LogP contribution in [0, 0.1) is 0 Å². The summed E-state index contributed by atoms with van der Waals surface area (Å²) in [6.07, 6.45) is 2.49. The fourth-order valence-electron chi connectivity index (χ4n) is 1.81. The molecule has 0 saturated heterocycles. The van der Waals surface area contributed by atoms with E-state index in [0.717, 1.165) is 0 Å². The van der Waals surface area contributed by atoms with E-state index in [-0.39, 0.29) is 10.9 Å². The van der Waals surface area contributed by atoms with Crippen LogP contribution in [0.3, 0.4) is 0 Å². The van der Waals surface area contributed by atoms with Gasteiger partial charge in [-0.2, -0.15) is 5.10 Å². The topological polar surface area (TPSA) is 84.2 Å². The number of rotatable bonds is 5. The average molecular weight is 309 g/mol. The van der Waals surface area contributed by atoms with Crippen molar-refractivity contribution in [3.8, 4) is 0 Å². The average Bonchev–Trinajstić information content (AvgIpc) is 2.87. The van der Waals surface area contributed by atoms with Crippen molar-refractivity contribution >= 4 is 15.7 Å². The summed E-state index contributed by atoms with van der Waals surface area (Å²) in [5.74, 6) is 0. The second-order valence-electron chi connectivity index (χ2n) is 5.15. The van der Waals surface area contributed by atoms with E-state index in [9.17, 15) is 13.5 Å². The van der Waals surface area contributed by atoms with Gasteiger partial charge >= 0.3 is 0 Å². The number of hydrogen-bond acceptors (Lipinski definition) is 4. The van der Waals surface area contributed by atoms with Crippen molar-refractivity contribution < 1.29 is 13.5 Å². The normalized spacial score (nSPS) is 13.4. The van der Waals surface area contributed by atoms with Crippen LogP contribution in [0.5, 0.6) is 0 Å². The van der Waals surface area contributed by atoms with Gasteiger partial charge in [0.2, 0.25) is 0 Å². The van der Waals surface area contributed by atoms with Gasteiger partial charge in [0.15, 0.2) is 0 Å². The maximum Gasteiger partial charge on any atom is 0.261 e. The van der Waals surface area contributed by atoms with Crippen molar-refractivity contribution in [2.24, 2.45) is 0 Å². The highest BCUT2D eigenvalue weighted by atomic mass is 32.2. The van der Waals surface area contributed by atoms with Gasteiger partial charge in [-0.15, -0.1) is 0 Å². The minimum atomic E-state index is -3.65. The molecule has 0 spiro atoms. The summed E-state index contributed by atoms with van der Waals surface area (Å²) in [6, 6.07) is 6.29. The molecular formula is C14H19N3O3S. The molecule has 0 saturated carbocycles. The lowest BCUT2D eigenvalue weighted by molar-refractivity contribution is 0.199. The zero-order valence-electron chi connectivity index (χ0n) is 12.2. The van der Waals surface area contributed by atoms with Crippen LogP contribution in [0.15, 0.2) is 41.6 Å². The Morgan fingerprint density at radius 3 is 2.29 bits per heavy atom. The Balaban J connectivity index is 2.21. The molecule has 2 rings (SSSR count). The number of aromatic nitrogens is 2. The summed E-state index contributed by atoms with van der Waals surface area (Å²) in [5.41, 5.74) is 1.09. The molecule has 0 amide bonds. The molecule has 0 aliphatic rings. The highest BCUT2D eigenvalue weighted by Gasteiger charge is 2.16. The fourth-order valence-corrected chi connectivity index (χ4v) is 2.84. The van der Waals surface area contributed by atoms with Crippen molar-refractivity contribution in [1.29, 1.82) is 0 Å². The van der Waals surface area contributed by atoms with E-state index < -0.39 is 16.1 Å². The second kappa shape index (κ2) is 5.87. The zero-order valence-corrected chi connectivity index (χ0v) is 13.0. The van der Waals surface area contributed by atoms with Gasteiger partial charge in [-0.05, 0) is 38.5 Å². The molecule has 0 aliphatic carbocycles. The third-order valence-electron chi connectivity index (χ3n) is 3.06. The predicted octanol–water partition coefficient (Wildman–Crippen LogP) is 2.32. The van der Waals surface area contributed by atoms with E-state index in [4.69, 9.17) is 0 Å². The van der Waals surface area contributed by atoms with Crippen LogP contribution < -0.4 is 4.72 Å². The van der Waals surface area contributed by atoms with Gasteiger partial charge in [0, 0.05) is 12.2 Å². The quantitative estimate of drug-likeness (QED) is 0.887. The highest BCUT2D eigenvalue weighted by Crippen LogP contribution is 2.19. The molecule has 1 unspecified atom stereocenters. The first-order valence-corrected chi connectivity index (χ1v) is 8.13. The molecule has 0 radical (unpaired) electrons. The molecule has 21 heavy (non-hydrogen) atoms. The van der Waals surface area contributed by atoms with Gasteiger partial charge in [-0.3, -0.25) is 9.40 Å². The van der Waals surface area contributed by atoms with Crippen molar-refractivity contribution in [1.82, 2.24) is 9.78 Å². The maximum absolute atomic E-state index is 12.3. The van der Waals surface area contributed by atoms with E-state index in [2.05, 4.69) is 9.82 Å². The Hall–Kier alpha value is -1.86. The van der Waals surface area contributed by atoms with Crippen molar-refractivity contribution in [2.75, 3.05) is 4.72 Å². The molecule has 114 valence electrons. The van der Waals surface area contributed by atoms with Crippen LogP contribution in [-0.4, -0.2) is 23.3 Å². The largest absolute Gasteiger partial charge is 0.389 e. The SMILES string of the molecule is CC(O)c1ccc(S(=O)(=O)Nc2cnn(C(C)C)c2)cc1. The van der Waals surface area contributed by atoms with Crippen LogP contribution in [0.25, 0.3) is 0 Å². The minimum absolute atomic E-state index is 0.143. The summed E-state index contributed by atoms with van der Waals surface area (Å²) < 4.78 is 28.7. The molecule has 0 bridgehead atoms. The Morgan fingerprint density at radius 1 is 1.19 bits per heavy atom. The Bertz CT molecular complexity index is 703. The van der Waals surface area contributed by atoms with E-state index in [1.165, 1.54) is 18.3 Å². The fraction of sp³-hybridized carbons (Fsp3) is 0.357. The van der Waals surface area contributed by atoms with Crippen molar-refractivity contribution in [3.63, 3.8) is 0 Å². The number of benzene rings is 1. The lowest BCUT2D eigenvalue weighted by Crippen LogP contribution is -2.12. The van der Waals surface area contributed by atoms with Gasteiger partial charge in [0.1, 0.15) is 0 Å². The molecule has 7 heteroatoms. The van der Waals surface area contributed by atoms with Gasteiger partial charge in [0.25, 0.3) is 10.0 Å². The maximum atomic E-state index is 12.3. The van der Waals surface area contributed by atoms with Crippen LogP contribution in [0.2, 0.25) is 0 Å². The molecule has 1 heterocycles. The van der Waals surface area contributed by atoms with Crippen LogP contribution >= 0.6 is 0 Å². The number of nitrogens with zero attached hydrogens (tertiary/aromatic N) is 2. The van der Waals surface area contributed by atoms with E-state index in [0.29, 0.717) is 11.3 Å². The van der Waals surface area contributed by atoms with Crippen molar-refractivity contribution in [3.05, 3.63) is 42.2 Å². The number of nitrogens with one attached hydrogen (secondary N) is 1. The molecule has 1 aromatic heterocycles. The van der Waals surface area contributed by atoms with Crippen LogP contribution in [-0.2, 0) is 10.0 Å².